The highest BCUT2D eigenvalue weighted by Crippen LogP contribution is 2.42. The van der Waals surface area contributed by atoms with Crippen LogP contribution in [0.5, 0.6) is 0 Å². The van der Waals surface area contributed by atoms with Crippen molar-refractivity contribution in [3.05, 3.63) is 119 Å². The van der Waals surface area contributed by atoms with E-state index in [1.165, 1.54) is 36.0 Å². The quantitative estimate of drug-likeness (QED) is 0.235. The molecule has 2 heteroatoms. The molecule has 0 amide bonds. The van der Waals surface area contributed by atoms with Gasteiger partial charge in [-0.05, 0) is 84.3 Å². The van der Waals surface area contributed by atoms with Crippen LogP contribution in [0.2, 0.25) is 0 Å². The SMILES string of the molecule is C=C(/C=C/c1ccc2c(c1)C(C(=C)NC1C3=CC(C)CC(C3)CC1C)=CCC2)OCc1ccccc1. The molecule has 186 valence electrons. The molecule has 2 bridgehead atoms. The van der Waals surface area contributed by atoms with Gasteiger partial charge in [0.1, 0.15) is 12.4 Å². The summed E-state index contributed by atoms with van der Waals surface area (Å²) in [6.07, 6.45) is 15.0. The van der Waals surface area contributed by atoms with E-state index >= 15 is 0 Å². The second kappa shape index (κ2) is 10.8. The van der Waals surface area contributed by atoms with Gasteiger partial charge in [-0.3, -0.25) is 0 Å². The van der Waals surface area contributed by atoms with Gasteiger partial charge in [-0.15, -0.1) is 0 Å². The third kappa shape index (κ3) is 5.59. The van der Waals surface area contributed by atoms with E-state index in [2.05, 4.69) is 80.9 Å². The van der Waals surface area contributed by atoms with Crippen molar-refractivity contribution in [1.29, 1.82) is 0 Å². The van der Waals surface area contributed by atoms with Crippen LogP contribution >= 0.6 is 0 Å². The molecule has 2 nitrogen and oxygen atoms in total. The molecule has 0 spiro atoms. The monoisotopic (exact) mass is 477 g/mol. The lowest BCUT2D eigenvalue weighted by Gasteiger charge is -2.42. The highest BCUT2D eigenvalue weighted by atomic mass is 16.5. The zero-order valence-corrected chi connectivity index (χ0v) is 21.8. The second-order valence-electron chi connectivity index (χ2n) is 11.0. The highest BCUT2D eigenvalue weighted by Gasteiger charge is 2.35. The molecular formula is C34H39NO. The van der Waals surface area contributed by atoms with E-state index in [0.717, 1.165) is 35.6 Å². The molecule has 5 rings (SSSR count). The Balaban J connectivity index is 1.28. The lowest BCUT2D eigenvalue weighted by Crippen LogP contribution is -2.42. The van der Waals surface area contributed by atoms with Crippen molar-refractivity contribution >= 4 is 11.6 Å². The molecular weight excluding hydrogens is 438 g/mol. The van der Waals surface area contributed by atoms with Gasteiger partial charge in [0.2, 0.25) is 0 Å². The molecule has 1 saturated carbocycles. The summed E-state index contributed by atoms with van der Waals surface area (Å²) in [4.78, 5) is 0. The van der Waals surface area contributed by atoms with Gasteiger partial charge in [0.25, 0.3) is 0 Å². The predicted octanol–water partition coefficient (Wildman–Crippen LogP) is 8.24. The van der Waals surface area contributed by atoms with E-state index in [9.17, 15) is 0 Å². The molecule has 3 aliphatic carbocycles. The number of rotatable bonds is 8. The maximum Gasteiger partial charge on any atom is 0.113 e. The van der Waals surface area contributed by atoms with Crippen LogP contribution in [0.25, 0.3) is 11.6 Å². The van der Waals surface area contributed by atoms with Crippen LogP contribution in [0, 0.1) is 17.8 Å². The van der Waals surface area contributed by atoms with Crippen LogP contribution in [0.15, 0.2) is 96.9 Å². The molecule has 0 aromatic heterocycles. The normalized spacial score (nSPS) is 24.9. The Morgan fingerprint density at radius 1 is 1.08 bits per heavy atom. The first-order chi connectivity index (χ1) is 17.5. The Kier molecular flexibility index (Phi) is 7.32. The Hall–Kier alpha value is -3.26. The molecule has 2 aromatic carbocycles. The van der Waals surface area contributed by atoms with Crippen molar-refractivity contribution < 1.29 is 4.74 Å². The van der Waals surface area contributed by atoms with Gasteiger partial charge in [-0.1, -0.05) is 93.3 Å². The summed E-state index contributed by atoms with van der Waals surface area (Å²) in [5, 5.41) is 3.87. The fraction of sp³-hybridized carbons (Fsp3) is 0.353. The Bertz CT molecular complexity index is 1210. The van der Waals surface area contributed by atoms with Gasteiger partial charge in [-0.25, -0.2) is 0 Å². The number of aryl methyl sites for hydroxylation is 1. The van der Waals surface area contributed by atoms with E-state index in [4.69, 9.17) is 4.74 Å². The Labute approximate surface area is 217 Å². The first-order valence-electron chi connectivity index (χ1n) is 13.5. The average molecular weight is 478 g/mol. The lowest BCUT2D eigenvalue weighted by atomic mass is 9.68. The molecule has 0 saturated heterocycles. The summed E-state index contributed by atoms with van der Waals surface area (Å²) in [6, 6.07) is 17.3. The summed E-state index contributed by atoms with van der Waals surface area (Å²) in [6.45, 7) is 13.9. The summed E-state index contributed by atoms with van der Waals surface area (Å²) in [7, 11) is 0. The van der Waals surface area contributed by atoms with E-state index in [-0.39, 0.29) is 0 Å². The van der Waals surface area contributed by atoms with Crippen LogP contribution in [-0.4, -0.2) is 6.04 Å². The maximum atomic E-state index is 5.83. The molecule has 0 aliphatic heterocycles. The third-order valence-corrected chi connectivity index (χ3v) is 7.97. The van der Waals surface area contributed by atoms with E-state index < -0.39 is 0 Å². The first kappa shape index (κ1) is 24.4. The minimum Gasteiger partial charge on any atom is -0.490 e. The van der Waals surface area contributed by atoms with Gasteiger partial charge in [0.05, 0.1) is 0 Å². The first-order valence-corrected chi connectivity index (χ1v) is 13.5. The smallest absolute Gasteiger partial charge is 0.113 e. The number of allylic oxidation sites excluding steroid dienone is 4. The van der Waals surface area contributed by atoms with Gasteiger partial charge in [0, 0.05) is 17.3 Å². The van der Waals surface area contributed by atoms with Gasteiger partial charge in [0.15, 0.2) is 0 Å². The van der Waals surface area contributed by atoms with Crippen molar-refractivity contribution in [3.63, 3.8) is 0 Å². The standard InChI is InChI=1S/C34H39NO/c1-23-17-29-19-24(2)34(31(18-23)20-29)35-26(4)32-12-8-11-30-16-15-27(21-33(30)32)14-13-25(3)36-22-28-9-6-5-7-10-28/h5-7,9-10,12-16,18,21,23-24,29,34-35H,3-4,8,11,17,19-20,22H2,1-2H3/b14-13+. The lowest BCUT2D eigenvalue weighted by molar-refractivity contribution is 0.213. The van der Waals surface area contributed by atoms with Crippen molar-refractivity contribution in [2.75, 3.05) is 0 Å². The number of hydrogen-bond donors (Lipinski definition) is 1. The molecule has 4 unspecified atom stereocenters. The van der Waals surface area contributed by atoms with E-state index in [0.29, 0.717) is 30.2 Å². The average Bonchev–Trinajstić information content (AvgIpc) is 2.88. The van der Waals surface area contributed by atoms with Gasteiger partial charge < -0.3 is 10.1 Å². The molecule has 4 atom stereocenters. The number of hydrogen-bond acceptors (Lipinski definition) is 2. The topological polar surface area (TPSA) is 21.3 Å². The molecule has 1 N–H and O–H groups in total. The molecule has 36 heavy (non-hydrogen) atoms. The van der Waals surface area contributed by atoms with Crippen LogP contribution in [0.3, 0.4) is 0 Å². The van der Waals surface area contributed by atoms with Crippen LogP contribution in [-0.2, 0) is 17.8 Å². The van der Waals surface area contributed by atoms with E-state index in [1.807, 2.05) is 24.3 Å². The maximum absolute atomic E-state index is 5.83. The Morgan fingerprint density at radius 3 is 2.75 bits per heavy atom. The summed E-state index contributed by atoms with van der Waals surface area (Å²) in [5.41, 5.74) is 8.89. The number of benzene rings is 2. The number of fused-ring (bicyclic) bond motifs is 3. The molecule has 1 fully saturated rings. The highest BCUT2D eigenvalue weighted by molar-refractivity contribution is 5.82. The minimum atomic E-state index is 0.399. The zero-order valence-electron chi connectivity index (χ0n) is 21.8. The van der Waals surface area contributed by atoms with Crippen molar-refractivity contribution in [2.24, 2.45) is 17.8 Å². The predicted molar refractivity (Wildman–Crippen MR) is 152 cm³/mol. The minimum absolute atomic E-state index is 0.399. The summed E-state index contributed by atoms with van der Waals surface area (Å²) >= 11 is 0. The zero-order chi connectivity index (χ0) is 25.1. The van der Waals surface area contributed by atoms with Crippen molar-refractivity contribution in [2.45, 2.75) is 58.6 Å². The van der Waals surface area contributed by atoms with Crippen LogP contribution in [0.4, 0.5) is 0 Å². The third-order valence-electron chi connectivity index (χ3n) is 7.97. The fourth-order valence-electron chi connectivity index (χ4n) is 6.30. The second-order valence-corrected chi connectivity index (χ2v) is 11.0. The molecule has 3 aliphatic rings. The fourth-order valence-corrected chi connectivity index (χ4v) is 6.30. The van der Waals surface area contributed by atoms with Crippen molar-refractivity contribution in [1.82, 2.24) is 5.32 Å². The molecule has 0 radical (unpaired) electrons. The number of nitrogens with one attached hydrogen (secondary N) is 1. The van der Waals surface area contributed by atoms with E-state index in [1.54, 1.807) is 5.57 Å². The van der Waals surface area contributed by atoms with Crippen LogP contribution in [0.1, 0.15) is 61.8 Å². The largest absolute Gasteiger partial charge is 0.490 e. The molecule has 2 aromatic rings. The summed E-state index contributed by atoms with van der Waals surface area (Å²) in [5.74, 6) is 2.85. The summed E-state index contributed by atoms with van der Waals surface area (Å²) < 4.78 is 5.83. The number of ether oxygens (including phenoxy) is 1. The Morgan fingerprint density at radius 2 is 1.92 bits per heavy atom. The van der Waals surface area contributed by atoms with Gasteiger partial charge >= 0.3 is 0 Å². The van der Waals surface area contributed by atoms with Crippen LogP contribution < -0.4 is 5.32 Å². The van der Waals surface area contributed by atoms with Gasteiger partial charge in [-0.2, -0.15) is 0 Å². The molecule has 0 heterocycles. The van der Waals surface area contributed by atoms with Crippen molar-refractivity contribution in [3.8, 4) is 0 Å².